The summed E-state index contributed by atoms with van der Waals surface area (Å²) in [5.41, 5.74) is 0. The first-order valence-corrected chi connectivity index (χ1v) is 9.53. The van der Waals surface area contributed by atoms with Crippen molar-refractivity contribution in [3.63, 3.8) is 0 Å². The molecule has 1 saturated heterocycles. The third-order valence-corrected chi connectivity index (χ3v) is 5.03. The van der Waals surface area contributed by atoms with E-state index in [2.05, 4.69) is 51.5 Å². The SMILES string of the molecule is CCCC1CC1NC(=NCC)NC1CCN(c2ccccn2)CC1.I. The molecule has 2 heterocycles. The third-order valence-electron chi connectivity index (χ3n) is 5.03. The summed E-state index contributed by atoms with van der Waals surface area (Å²) < 4.78 is 0. The molecule has 140 valence electrons. The largest absolute Gasteiger partial charge is 0.356 e. The van der Waals surface area contributed by atoms with Gasteiger partial charge in [0.2, 0.25) is 0 Å². The van der Waals surface area contributed by atoms with Crippen LogP contribution in [0, 0.1) is 5.92 Å². The monoisotopic (exact) mass is 457 g/mol. The summed E-state index contributed by atoms with van der Waals surface area (Å²) in [6, 6.07) is 7.27. The Bertz CT molecular complexity index is 528. The van der Waals surface area contributed by atoms with Crippen molar-refractivity contribution in [1.82, 2.24) is 15.6 Å². The predicted molar refractivity (Wildman–Crippen MR) is 116 cm³/mol. The lowest BCUT2D eigenvalue weighted by Gasteiger charge is -2.33. The van der Waals surface area contributed by atoms with Gasteiger partial charge in [-0.2, -0.15) is 0 Å². The van der Waals surface area contributed by atoms with E-state index in [9.17, 15) is 0 Å². The van der Waals surface area contributed by atoms with E-state index in [1.165, 1.54) is 19.3 Å². The van der Waals surface area contributed by atoms with Crippen molar-refractivity contribution in [2.45, 2.75) is 58.0 Å². The minimum Gasteiger partial charge on any atom is -0.356 e. The first kappa shape index (κ1) is 20.3. The molecule has 0 spiro atoms. The van der Waals surface area contributed by atoms with Gasteiger partial charge in [0, 0.05) is 37.9 Å². The van der Waals surface area contributed by atoms with Crippen LogP contribution in [0.2, 0.25) is 0 Å². The molecule has 1 aliphatic carbocycles. The van der Waals surface area contributed by atoms with Gasteiger partial charge in [-0.3, -0.25) is 4.99 Å². The fraction of sp³-hybridized carbons (Fsp3) is 0.684. The van der Waals surface area contributed by atoms with Crippen molar-refractivity contribution in [1.29, 1.82) is 0 Å². The second kappa shape index (κ2) is 10.2. The van der Waals surface area contributed by atoms with Gasteiger partial charge in [0.05, 0.1) is 0 Å². The Labute approximate surface area is 169 Å². The Balaban J connectivity index is 0.00000225. The van der Waals surface area contributed by atoms with Crippen molar-refractivity contribution in [3.8, 4) is 0 Å². The summed E-state index contributed by atoms with van der Waals surface area (Å²) in [4.78, 5) is 11.5. The topological polar surface area (TPSA) is 52.6 Å². The van der Waals surface area contributed by atoms with Gasteiger partial charge in [-0.25, -0.2) is 4.98 Å². The number of hydrogen-bond acceptors (Lipinski definition) is 3. The van der Waals surface area contributed by atoms with E-state index in [0.29, 0.717) is 12.1 Å². The van der Waals surface area contributed by atoms with Crippen molar-refractivity contribution < 1.29 is 0 Å². The summed E-state index contributed by atoms with van der Waals surface area (Å²) in [5.74, 6) is 2.96. The predicted octanol–water partition coefficient (Wildman–Crippen LogP) is 3.41. The van der Waals surface area contributed by atoms with Crippen LogP contribution >= 0.6 is 24.0 Å². The maximum atomic E-state index is 4.64. The second-order valence-corrected chi connectivity index (χ2v) is 6.95. The quantitative estimate of drug-likeness (QED) is 0.391. The van der Waals surface area contributed by atoms with Crippen molar-refractivity contribution >= 4 is 35.8 Å². The molecule has 2 atom stereocenters. The molecule has 0 aromatic carbocycles. The van der Waals surface area contributed by atoms with E-state index in [-0.39, 0.29) is 24.0 Å². The molecule has 25 heavy (non-hydrogen) atoms. The van der Waals surface area contributed by atoms with Crippen LogP contribution in [0.1, 0.15) is 46.0 Å². The summed E-state index contributed by atoms with van der Waals surface area (Å²) in [5, 5.41) is 7.28. The first-order valence-electron chi connectivity index (χ1n) is 9.53. The Kier molecular flexibility index (Phi) is 8.26. The molecule has 2 fully saturated rings. The average Bonchev–Trinajstić information content (AvgIpc) is 3.34. The average molecular weight is 457 g/mol. The molecular weight excluding hydrogens is 425 g/mol. The first-order chi connectivity index (χ1) is 11.8. The summed E-state index contributed by atoms with van der Waals surface area (Å²) in [7, 11) is 0. The Hall–Kier alpha value is -1.05. The normalized spacial score (nSPS) is 23.8. The van der Waals surface area contributed by atoms with Gasteiger partial charge < -0.3 is 15.5 Å². The highest BCUT2D eigenvalue weighted by Gasteiger charge is 2.36. The zero-order valence-electron chi connectivity index (χ0n) is 15.4. The Morgan fingerprint density at radius 2 is 2.04 bits per heavy atom. The molecule has 0 radical (unpaired) electrons. The van der Waals surface area contributed by atoms with Crippen LogP contribution in [0.3, 0.4) is 0 Å². The molecule has 2 unspecified atom stereocenters. The second-order valence-electron chi connectivity index (χ2n) is 6.95. The molecule has 6 heteroatoms. The van der Waals surface area contributed by atoms with E-state index >= 15 is 0 Å². The lowest BCUT2D eigenvalue weighted by atomic mass is 10.1. The van der Waals surface area contributed by atoms with E-state index in [4.69, 9.17) is 0 Å². The number of hydrogen-bond donors (Lipinski definition) is 2. The lowest BCUT2D eigenvalue weighted by Crippen LogP contribution is -2.49. The number of nitrogens with one attached hydrogen (secondary N) is 2. The molecular formula is C19H32IN5. The molecule has 1 aromatic rings. The number of piperidine rings is 1. The maximum absolute atomic E-state index is 4.64. The van der Waals surface area contributed by atoms with Crippen LogP contribution in [-0.4, -0.2) is 42.7 Å². The fourth-order valence-corrected chi connectivity index (χ4v) is 3.57. The fourth-order valence-electron chi connectivity index (χ4n) is 3.57. The van der Waals surface area contributed by atoms with Crippen LogP contribution < -0.4 is 15.5 Å². The van der Waals surface area contributed by atoms with Crippen molar-refractivity contribution in [2.75, 3.05) is 24.5 Å². The van der Waals surface area contributed by atoms with Crippen LogP contribution in [0.25, 0.3) is 0 Å². The van der Waals surface area contributed by atoms with E-state index < -0.39 is 0 Å². The van der Waals surface area contributed by atoms with Crippen LogP contribution in [0.5, 0.6) is 0 Å². The molecule has 2 aliphatic rings. The van der Waals surface area contributed by atoms with Gasteiger partial charge in [-0.15, -0.1) is 24.0 Å². The molecule has 2 N–H and O–H groups in total. The molecule has 1 aliphatic heterocycles. The minimum atomic E-state index is 0. The molecule has 3 rings (SSSR count). The third kappa shape index (κ3) is 6.01. The van der Waals surface area contributed by atoms with E-state index in [1.54, 1.807) is 0 Å². The van der Waals surface area contributed by atoms with Gasteiger partial charge in [0.25, 0.3) is 0 Å². The van der Waals surface area contributed by atoms with Gasteiger partial charge in [-0.1, -0.05) is 19.4 Å². The smallest absolute Gasteiger partial charge is 0.191 e. The zero-order chi connectivity index (χ0) is 16.8. The highest BCUT2D eigenvalue weighted by molar-refractivity contribution is 14.0. The number of nitrogens with zero attached hydrogens (tertiary/aromatic N) is 3. The maximum Gasteiger partial charge on any atom is 0.191 e. The van der Waals surface area contributed by atoms with Crippen LogP contribution in [-0.2, 0) is 0 Å². The van der Waals surface area contributed by atoms with Crippen molar-refractivity contribution in [2.24, 2.45) is 10.9 Å². The summed E-state index contributed by atoms with van der Waals surface area (Å²) >= 11 is 0. The number of aliphatic imine (C=N–C) groups is 1. The van der Waals surface area contributed by atoms with Gasteiger partial charge in [0.15, 0.2) is 5.96 Å². The van der Waals surface area contributed by atoms with Gasteiger partial charge in [0.1, 0.15) is 5.82 Å². The van der Waals surface area contributed by atoms with E-state index in [0.717, 1.165) is 50.2 Å². The summed E-state index contributed by atoms with van der Waals surface area (Å²) in [6.07, 6.45) is 8.05. The van der Waals surface area contributed by atoms with E-state index in [1.807, 2.05) is 12.3 Å². The van der Waals surface area contributed by atoms with Gasteiger partial charge in [-0.05, 0) is 50.7 Å². The van der Waals surface area contributed by atoms with Crippen LogP contribution in [0.15, 0.2) is 29.4 Å². The summed E-state index contributed by atoms with van der Waals surface area (Å²) in [6.45, 7) is 7.30. The number of pyridine rings is 1. The Morgan fingerprint density at radius 3 is 2.68 bits per heavy atom. The number of rotatable bonds is 6. The lowest BCUT2D eigenvalue weighted by molar-refractivity contribution is 0.458. The minimum absolute atomic E-state index is 0. The standard InChI is InChI=1S/C19H31N5.HI/c1-3-7-15-14-17(15)23-19(20-4-2)22-16-9-12-24(13-10-16)18-8-5-6-11-21-18;/h5-6,8,11,15-17H,3-4,7,9-10,12-14H2,1-2H3,(H2,20,22,23);1H. The zero-order valence-corrected chi connectivity index (χ0v) is 17.8. The molecule has 0 amide bonds. The highest BCUT2D eigenvalue weighted by Crippen LogP contribution is 2.34. The van der Waals surface area contributed by atoms with Crippen molar-refractivity contribution in [3.05, 3.63) is 24.4 Å². The molecule has 5 nitrogen and oxygen atoms in total. The Morgan fingerprint density at radius 1 is 1.24 bits per heavy atom. The molecule has 0 bridgehead atoms. The number of guanidine groups is 1. The highest BCUT2D eigenvalue weighted by atomic mass is 127. The van der Waals surface area contributed by atoms with Crippen LogP contribution in [0.4, 0.5) is 5.82 Å². The number of anilines is 1. The number of aromatic nitrogens is 1. The van der Waals surface area contributed by atoms with Gasteiger partial charge >= 0.3 is 0 Å². The molecule has 1 aromatic heterocycles. The molecule has 1 saturated carbocycles. The number of halogens is 1.